The van der Waals surface area contributed by atoms with Gasteiger partial charge < -0.3 is 0 Å². The van der Waals surface area contributed by atoms with E-state index >= 15 is 0 Å². The summed E-state index contributed by atoms with van der Waals surface area (Å²) < 4.78 is 0. The number of allylic oxidation sites excluding steroid dienone is 4. The van der Waals surface area contributed by atoms with E-state index in [0.717, 1.165) is 35.5 Å². The first kappa shape index (κ1) is 13.9. The Morgan fingerprint density at radius 2 is 1.86 bits per heavy atom. The van der Waals surface area contributed by atoms with Crippen LogP contribution in [0.25, 0.3) is 0 Å². The van der Waals surface area contributed by atoms with Gasteiger partial charge >= 0.3 is 0 Å². The maximum absolute atomic E-state index is 2.59. The monoisotopic (exact) mass is 296 g/mol. The molecule has 5 aliphatic carbocycles. The zero-order valence-electron chi connectivity index (χ0n) is 14.7. The zero-order chi connectivity index (χ0) is 15.1. The highest BCUT2D eigenvalue weighted by Gasteiger charge is 2.55. The van der Waals surface area contributed by atoms with Crippen molar-refractivity contribution in [1.82, 2.24) is 0 Å². The Morgan fingerprint density at radius 3 is 2.64 bits per heavy atom. The van der Waals surface area contributed by atoms with E-state index < -0.39 is 0 Å². The zero-order valence-corrected chi connectivity index (χ0v) is 14.7. The first-order valence-corrected chi connectivity index (χ1v) is 9.98. The Kier molecular flexibility index (Phi) is 2.85. The van der Waals surface area contributed by atoms with E-state index in [4.69, 9.17) is 0 Å². The molecule has 0 nitrogen and oxygen atoms in total. The van der Waals surface area contributed by atoms with Gasteiger partial charge in [-0.3, -0.25) is 0 Å². The average Bonchev–Trinajstić information content (AvgIpc) is 2.75. The van der Waals surface area contributed by atoms with Crippen LogP contribution < -0.4 is 0 Å². The van der Waals surface area contributed by atoms with Crippen molar-refractivity contribution in [3.05, 3.63) is 22.8 Å². The maximum atomic E-state index is 2.59. The van der Waals surface area contributed by atoms with Crippen molar-refractivity contribution in [3.8, 4) is 0 Å². The fourth-order valence-corrected chi connectivity index (χ4v) is 7.66. The minimum atomic E-state index is 0.562. The van der Waals surface area contributed by atoms with E-state index in [2.05, 4.69) is 26.8 Å². The molecule has 0 aromatic carbocycles. The molecule has 22 heavy (non-hydrogen) atoms. The summed E-state index contributed by atoms with van der Waals surface area (Å²) in [7, 11) is 0. The van der Waals surface area contributed by atoms with E-state index in [1.807, 2.05) is 11.1 Å². The lowest BCUT2D eigenvalue weighted by molar-refractivity contribution is -0.0292. The molecule has 0 amide bonds. The summed E-state index contributed by atoms with van der Waals surface area (Å²) in [6.45, 7) is 7.52. The molecule has 0 heterocycles. The van der Waals surface area contributed by atoms with Crippen LogP contribution >= 0.6 is 0 Å². The third-order valence-electron chi connectivity index (χ3n) is 9.03. The quantitative estimate of drug-likeness (QED) is 0.471. The van der Waals surface area contributed by atoms with Gasteiger partial charge in [0.2, 0.25) is 0 Å². The Balaban J connectivity index is 1.50. The van der Waals surface area contributed by atoms with Gasteiger partial charge in [-0.2, -0.15) is 0 Å². The summed E-state index contributed by atoms with van der Waals surface area (Å²) in [6.07, 6.45) is 14.5. The molecule has 0 saturated heterocycles. The maximum Gasteiger partial charge on any atom is -0.00851 e. The lowest BCUT2D eigenvalue weighted by Crippen LogP contribution is -2.49. The minimum absolute atomic E-state index is 0.562. The molecule has 5 aliphatic rings. The minimum Gasteiger partial charge on any atom is -0.0847 e. The van der Waals surface area contributed by atoms with Gasteiger partial charge in [-0.15, -0.1) is 0 Å². The van der Waals surface area contributed by atoms with Gasteiger partial charge in [-0.25, -0.2) is 0 Å². The fourth-order valence-electron chi connectivity index (χ4n) is 7.66. The topological polar surface area (TPSA) is 0 Å². The van der Waals surface area contributed by atoms with Gasteiger partial charge in [0.25, 0.3) is 0 Å². The smallest absolute Gasteiger partial charge is 0.00851 e. The van der Waals surface area contributed by atoms with E-state index in [1.165, 1.54) is 38.5 Å². The molecule has 0 aromatic rings. The van der Waals surface area contributed by atoms with Crippen LogP contribution in [0.5, 0.6) is 0 Å². The summed E-state index contributed by atoms with van der Waals surface area (Å²) in [5.74, 6) is 6.06. The summed E-state index contributed by atoms with van der Waals surface area (Å²) in [5, 5.41) is 0. The molecule has 2 fully saturated rings. The van der Waals surface area contributed by atoms with Gasteiger partial charge in [0.1, 0.15) is 0 Å². The van der Waals surface area contributed by atoms with Crippen LogP contribution in [0.15, 0.2) is 22.8 Å². The van der Waals surface area contributed by atoms with Crippen LogP contribution in [0, 0.1) is 40.9 Å². The summed E-state index contributed by atoms with van der Waals surface area (Å²) in [5.41, 5.74) is 6.17. The van der Waals surface area contributed by atoms with Crippen molar-refractivity contribution in [3.63, 3.8) is 0 Å². The Hall–Kier alpha value is -0.520. The van der Waals surface area contributed by atoms with Gasteiger partial charge in [-0.05, 0) is 99.2 Å². The highest BCUT2D eigenvalue weighted by Crippen LogP contribution is 2.65. The first-order chi connectivity index (χ1) is 10.6. The molecule has 0 aliphatic heterocycles. The van der Waals surface area contributed by atoms with E-state index in [0.29, 0.717) is 5.41 Å². The number of hydrogen-bond acceptors (Lipinski definition) is 0. The predicted molar refractivity (Wildman–Crippen MR) is 92.4 cm³/mol. The highest BCUT2D eigenvalue weighted by atomic mass is 14.6. The van der Waals surface area contributed by atoms with Crippen molar-refractivity contribution in [1.29, 1.82) is 0 Å². The average molecular weight is 296 g/mol. The fraction of sp³-hybridized carbons (Fsp3) is 0.818. The second-order valence-corrected chi connectivity index (χ2v) is 9.56. The van der Waals surface area contributed by atoms with Crippen molar-refractivity contribution in [2.24, 2.45) is 40.9 Å². The normalized spacial score (nSPS) is 53.0. The first-order valence-electron chi connectivity index (χ1n) is 9.98. The molecule has 0 aromatic heterocycles. The Morgan fingerprint density at radius 1 is 1.05 bits per heavy atom. The molecule has 0 spiro atoms. The largest absolute Gasteiger partial charge is 0.0847 e. The van der Waals surface area contributed by atoms with E-state index in [9.17, 15) is 0 Å². The molecule has 7 atom stereocenters. The van der Waals surface area contributed by atoms with Crippen LogP contribution in [0.2, 0.25) is 0 Å². The van der Waals surface area contributed by atoms with Crippen LogP contribution in [0.4, 0.5) is 0 Å². The van der Waals surface area contributed by atoms with Gasteiger partial charge in [0.05, 0.1) is 0 Å². The molecule has 0 bridgehead atoms. The SMILES string of the molecule is CC1=CCC2C3CCC4CC(C)C5=C(CC5)C4C3CCC12C. The van der Waals surface area contributed by atoms with Crippen LogP contribution in [0.3, 0.4) is 0 Å². The molecular weight excluding hydrogens is 264 g/mol. The predicted octanol–water partition coefficient (Wildman–Crippen LogP) is 6.14. The summed E-state index contributed by atoms with van der Waals surface area (Å²) in [6, 6.07) is 0. The third-order valence-corrected chi connectivity index (χ3v) is 9.03. The number of rotatable bonds is 0. The molecule has 120 valence electrons. The van der Waals surface area contributed by atoms with Crippen molar-refractivity contribution >= 4 is 0 Å². The third kappa shape index (κ3) is 1.60. The van der Waals surface area contributed by atoms with Gasteiger partial charge in [0.15, 0.2) is 0 Å². The second-order valence-electron chi connectivity index (χ2n) is 9.56. The van der Waals surface area contributed by atoms with Crippen LogP contribution in [0.1, 0.15) is 72.1 Å². The van der Waals surface area contributed by atoms with Crippen molar-refractivity contribution < 1.29 is 0 Å². The van der Waals surface area contributed by atoms with Gasteiger partial charge in [-0.1, -0.05) is 36.6 Å². The van der Waals surface area contributed by atoms with Crippen molar-refractivity contribution in [2.45, 2.75) is 72.1 Å². The highest BCUT2D eigenvalue weighted by molar-refractivity contribution is 5.34. The lowest BCUT2D eigenvalue weighted by atomic mass is 9.47. The van der Waals surface area contributed by atoms with Crippen LogP contribution in [-0.4, -0.2) is 0 Å². The van der Waals surface area contributed by atoms with E-state index in [1.54, 1.807) is 18.4 Å². The molecule has 5 rings (SSSR count). The standard InChI is InChI=1S/C22H32/c1-13-12-15-5-6-17-19(21(15)18-8-7-16(13)18)10-11-22(3)14(2)4-9-20(17)22/h4,13,15,17,19-21H,5-12H2,1-3H3. The van der Waals surface area contributed by atoms with E-state index in [-0.39, 0.29) is 0 Å². The molecule has 0 radical (unpaired) electrons. The molecule has 2 saturated carbocycles. The molecule has 0 heteroatoms. The van der Waals surface area contributed by atoms with Crippen LogP contribution in [-0.2, 0) is 0 Å². The number of fused-ring (bicyclic) bond motifs is 6. The van der Waals surface area contributed by atoms with Gasteiger partial charge in [0, 0.05) is 0 Å². The molecular formula is C22H32. The molecule has 0 N–H and O–H groups in total. The summed E-state index contributed by atoms with van der Waals surface area (Å²) in [4.78, 5) is 0. The van der Waals surface area contributed by atoms with Crippen molar-refractivity contribution in [2.75, 3.05) is 0 Å². The summed E-state index contributed by atoms with van der Waals surface area (Å²) >= 11 is 0. The molecule has 7 unspecified atom stereocenters. The lowest BCUT2D eigenvalue weighted by Gasteiger charge is -2.58. The Bertz CT molecular complexity index is 565. The second kappa shape index (κ2) is 4.52. The number of hydrogen-bond donors (Lipinski definition) is 0. The Labute approximate surface area is 136 Å².